The first-order valence-corrected chi connectivity index (χ1v) is 9.03. The van der Waals surface area contributed by atoms with Crippen LogP contribution in [-0.2, 0) is 9.53 Å². The van der Waals surface area contributed by atoms with Gasteiger partial charge in [-0.1, -0.05) is 18.2 Å². The van der Waals surface area contributed by atoms with E-state index in [9.17, 15) is 19.7 Å². The van der Waals surface area contributed by atoms with Gasteiger partial charge in [-0.2, -0.15) is 5.10 Å². The van der Waals surface area contributed by atoms with Crippen LogP contribution in [0.25, 0.3) is 11.8 Å². The minimum atomic E-state index is -0.602. The molecule has 1 heterocycles. The fraction of sp³-hybridized carbons (Fsp3) is 0.0952. The molecule has 3 aromatic rings. The molecule has 0 saturated carbocycles. The number of amides is 1. The molecule has 0 bridgehead atoms. The largest absolute Gasteiger partial charge is 0.462 e. The Labute approximate surface area is 171 Å². The highest BCUT2D eigenvalue weighted by atomic mass is 16.6. The minimum absolute atomic E-state index is 0.0394. The summed E-state index contributed by atoms with van der Waals surface area (Å²) < 4.78 is 6.48. The van der Waals surface area contributed by atoms with Gasteiger partial charge in [0.2, 0.25) is 5.91 Å². The summed E-state index contributed by atoms with van der Waals surface area (Å²) in [5, 5.41) is 17.6. The zero-order valence-corrected chi connectivity index (χ0v) is 16.0. The van der Waals surface area contributed by atoms with Gasteiger partial charge in [0.15, 0.2) is 5.82 Å². The molecule has 3 rings (SSSR count). The Kier molecular flexibility index (Phi) is 6.33. The molecule has 152 valence electrons. The average Bonchev–Trinajstić information content (AvgIpc) is 3.17. The van der Waals surface area contributed by atoms with Crippen LogP contribution in [0, 0.1) is 10.1 Å². The van der Waals surface area contributed by atoms with Crippen molar-refractivity contribution in [2.45, 2.75) is 6.92 Å². The predicted octanol–water partition coefficient (Wildman–Crippen LogP) is 3.61. The van der Waals surface area contributed by atoms with E-state index >= 15 is 0 Å². The lowest BCUT2D eigenvalue weighted by molar-refractivity contribution is -0.384. The van der Waals surface area contributed by atoms with Crippen molar-refractivity contribution in [3.8, 4) is 5.69 Å². The molecule has 0 aliphatic heterocycles. The third-order valence-electron chi connectivity index (χ3n) is 4.04. The highest BCUT2D eigenvalue weighted by Gasteiger charge is 2.20. The van der Waals surface area contributed by atoms with Gasteiger partial charge in [-0.3, -0.25) is 14.9 Å². The number of carbonyl (C=O) groups excluding carboxylic acids is 2. The lowest BCUT2D eigenvalue weighted by atomic mass is 10.2. The fourth-order valence-corrected chi connectivity index (χ4v) is 2.63. The summed E-state index contributed by atoms with van der Waals surface area (Å²) >= 11 is 0. The van der Waals surface area contributed by atoms with Crippen molar-refractivity contribution in [3.05, 3.63) is 88.1 Å². The van der Waals surface area contributed by atoms with E-state index in [1.165, 1.54) is 47.3 Å². The molecule has 0 aliphatic rings. The topological polar surface area (TPSA) is 116 Å². The molecule has 0 fully saturated rings. The van der Waals surface area contributed by atoms with E-state index in [1.54, 1.807) is 31.2 Å². The van der Waals surface area contributed by atoms with E-state index in [0.29, 0.717) is 11.3 Å². The van der Waals surface area contributed by atoms with Gasteiger partial charge in [-0.25, -0.2) is 9.48 Å². The Hall–Kier alpha value is -4.27. The number of carbonyl (C=O) groups is 2. The summed E-state index contributed by atoms with van der Waals surface area (Å²) in [5.74, 6) is -0.927. The first-order valence-electron chi connectivity index (χ1n) is 9.03. The number of nitrogens with zero attached hydrogens (tertiary/aromatic N) is 3. The van der Waals surface area contributed by atoms with Crippen LogP contribution in [0.3, 0.4) is 0 Å². The number of esters is 1. The number of anilines is 1. The highest BCUT2D eigenvalue weighted by Crippen LogP contribution is 2.21. The van der Waals surface area contributed by atoms with Crippen LogP contribution in [-0.4, -0.2) is 33.2 Å². The molecule has 0 unspecified atom stereocenters. The van der Waals surface area contributed by atoms with E-state index in [0.717, 1.165) is 0 Å². The number of aromatic nitrogens is 2. The first kappa shape index (κ1) is 20.5. The molecule has 0 saturated heterocycles. The van der Waals surface area contributed by atoms with E-state index < -0.39 is 16.8 Å². The molecule has 0 spiro atoms. The van der Waals surface area contributed by atoms with Crippen LogP contribution in [0.4, 0.5) is 11.5 Å². The summed E-state index contributed by atoms with van der Waals surface area (Å²) in [6.07, 6.45) is 4.10. The summed E-state index contributed by atoms with van der Waals surface area (Å²) in [6, 6.07) is 14.8. The summed E-state index contributed by atoms with van der Waals surface area (Å²) in [7, 11) is 0. The van der Waals surface area contributed by atoms with Crippen LogP contribution in [0.2, 0.25) is 0 Å². The van der Waals surface area contributed by atoms with Crippen LogP contribution in [0.15, 0.2) is 66.9 Å². The van der Waals surface area contributed by atoms with Crippen LogP contribution >= 0.6 is 0 Å². The van der Waals surface area contributed by atoms with Gasteiger partial charge in [0.05, 0.1) is 23.4 Å². The van der Waals surface area contributed by atoms with Crippen molar-refractivity contribution in [2.24, 2.45) is 0 Å². The lowest BCUT2D eigenvalue weighted by Gasteiger charge is -2.09. The Morgan fingerprint density at radius 2 is 1.87 bits per heavy atom. The monoisotopic (exact) mass is 406 g/mol. The number of rotatable bonds is 7. The van der Waals surface area contributed by atoms with Crippen molar-refractivity contribution < 1.29 is 19.2 Å². The molecule has 2 aromatic carbocycles. The molecule has 1 N–H and O–H groups in total. The Bertz CT molecular complexity index is 1090. The van der Waals surface area contributed by atoms with E-state index in [4.69, 9.17) is 4.74 Å². The molecule has 1 aromatic heterocycles. The van der Waals surface area contributed by atoms with Gasteiger partial charge < -0.3 is 10.1 Å². The standard InChI is InChI=1S/C21H18N4O5/c1-2-30-21(27)18-14-22-24(16-6-4-3-5-7-16)20(18)23-19(26)13-10-15-8-11-17(12-9-15)25(28)29/h3-14H,2H2,1H3,(H,23,26)/b13-10+. The van der Waals surface area contributed by atoms with Crippen LogP contribution < -0.4 is 5.32 Å². The van der Waals surface area contributed by atoms with Crippen molar-refractivity contribution in [2.75, 3.05) is 11.9 Å². The number of nitrogens with one attached hydrogen (secondary N) is 1. The van der Waals surface area contributed by atoms with Gasteiger partial charge in [0.1, 0.15) is 5.56 Å². The molecule has 0 aliphatic carbocycles. The molecular formula is C21H18N4O5. The Morgan fingerprint density at radius 3 is 2.50 bits per heavy atom. The number of ether oxygens (including phenoxy) is 1. The molecule has 1 amide bonds. The van der Waals surface area contributed by atoms with Crippen LogP contribution in [0.5, 0.6) is 0 Å². The van der Waals surface area contributed by atoms with E-state index in [-0.39, 0.29) is 23.7 Å². The zero-order valence-electron chi connectivity index (χ0n) is 16.0. The van der Waals surface area contributed by atoms with Crippen molar-refractivity contribution in [1.29, 1.82) is 0 Å². The normalized spacial score (nSPS) is 10.7. The SMILES string of the molecule is CCOC(=O)c1cnn(-c2ccccc2)c1NC(=O)/C=C/c1ccc([N+](=O)[O-])cc1. The summed E-state index contributed by atoms with van der Waals surface area (Å²) in [4.78, 5) is 35.0. The van der Waals surface area contributed by atoms with E-state index in [2.05, 4.69) is 10.4 Å². The summed E-state index contributed by atoms with van der Waals surface area (Å²) in [6.45, 7) is 1.87. The van der Waals surface area contributed by atoms with Crippen molar-refractivity contribution >= 4 is 29.5 Å². The number of non-ortho nitro benzene ring substituents is 1. The smallest absolute Gasteiger partial charge is 0.343 e. The van der Waals surface area contributed by atoms with Gasteiger partial charge in [0.25, 0.3) is 5.69 Å². The third kappa shape index (κ3) is 4.76. The number of nitro benzene ring substituents is 1. The number of para-hydroxylation sites is 1. The second-order valence-corrected chi connectivity index (χ2v) is 6.05. The predicted molar refractivity (Wildman–Crippen MR) is 110 cm³/mol. The molecule has 30 heavy (non-hydrogen) atoms. The number of hydrogen-bond acceptors (Lipinski definition) is 6. The second kappa shape index (κ2) is 9.28. The minimum Gasteiger partial charge on any atom is -0.462 e. The van der Waals surface area contributed by atoms with Crippen molar-refractivity contribution in [1.82, 2.24) is 9.78 Å². The first-order chi connectivity index (χ1) is 14.5. The van der Waals surface area contributed by atoms with Crippen LogP contribution in [0.1, 0.15) is 22.8 Å². The average molecular weight is 406 g/mol. The quantitative estimate of drug-likeness (QED) is 0.277. The maximum Gasteiger partial charge on any atom is 0.343 e. The van der Waals surface area contributed by atoms with Crippen molar-refractivity contribution in [3.63, 3.8) is 0 Å². The molecular weight excluding hydrogens is 388 g/mol. The number of nitro groups is 1. The zero-order chi connectivity index (χ0) is 21.5. The molecule has 9 nitrogen and oxygen atoms in total. The van der Waals surface area contributed by atoms with Gasteiger partial charge in [0, 0.05) is 18.2 Å². The third-order valence-corrected chi connectivity index (χ3v) is 4.04. The number of benzene rings is 2. The lowest BCUT2D eigenvalue weighted by Crippen LogP contribution is -2.16. The maximum absolute atomic E-state index is 12.5. The maximum atomic E-state index is 12.5. The summed E-state index contributed by atoms with van der Waals surface area (Å²) in [5.41, 5.74) is 1.35. The van der Waals surface area contributed by atoms with E-state index in [1.807, 2.05) is 6.07 Å². The highest BCUT2D eigenvalue weighted by molar-refractivity contribution is 6.05. The molecule has 0 radical (unpaired) electrons. The molecule has 9 heteroatoms. The van der Waals surface area contributed by atoms with Gasteiger partial charge in [-0.15, -0.1) is 0 Å². The number of hydrogen-bond donors (Lipinski definition) is 1. The molecule has 0 atom stereocenters. The Morgan fingerprint density at radius 1 is 1.17 bits per heavy atom. The fourth-order valence-electron chi connectivity index (χ4n) is 2.63. The van der Waals surface area contributed by atoms with Gasteiger partial charge in [-0.05, 0) is 42.8 Å². The van der Waals surface area contributed by atoms with Gasteiger partial charge >= 0.3 is 5.97 Å². The second-order valence-electron chi connectivity index (χ2n) is 6.05. The Balaban J connectivity index is 1.84.